The van der Waals surface area contributed by atoms with Crippen LogP contribution in [0.4, 0.5) is 0 Å². The Morgan fingerprint density at radius 3 is 3.00 bits per heavy atom. The zero-order valence-corrected chi connectivity index (χ0v) is 6.70. The molecule has 1 aliphatic heterocycles. The molecule has 0 amide bonds. The molecule has 1 aromatic heterocycles. The highest BCUT2D eigenvalue weighted by Gasteiger charge is 2.14. The van der Waals surface area contributed by atoms with E-state index in [0.29, 0.717) is 0 Å². The number of allylic oxidation sites excluding steroid dienone is 2. The maximum absolute atomic E-state index is 3.93. The number of aromatic nitrogens is 4. The second kappa shape index (κ2) is 2.15. The minimum absolute atomic E-state index is 0.922. The van der Waals surface area contributed by atoms with Crippen LogP contribution >= 0.6 is 0 Å². The largest absolute Gasteiger partial charge is 0.225 e. The van der Waals surface area contributed by atoms with Crippen LogP contribution in [0.2, 0.25) is 0 Å². The monoisotopic (exact) mass is 150 g/mol. The Bertz CT molecular complexity index is 310. The summed E-state index contributed by atoms with van der Waals surface area (Å²) in [6, 6.07) is 0. The van der Waals surface area contributed by atoms with E-state index in [1.807, 2.05) is 4.68 Å². The molecule has 0 fully saturated rings. The van der Waals surface area contributed by atoms with Gasteiger partial charge in [-0.1, -0.05) is 5.57 Å². The molecule has 0 saturated heterocycles. The lowest BCUT2D eigenvalue weighted by Gasteiger charge is -2.13. The van der Waals surface area contributed by atoms with Gasteiger partial charge in [-0.25, -0.2) is 4.68 Å². The van der Waals surface area contributed by atoms with E-state index >= 15 is 0 Å². The van der Waals surface area contributed by atoms with E-state index in [0.717, 1.165) is 18.8 Å². The predicted molar refractivity (Wildman–Crippen MR) is 40.7 cm³/mol. The molecule has 0 bridgehead atoms. The number of hydrogen-bond donors (Lipinski definition) is 0. The van der Waals surface area contributed by atoms with Gasteiger partial charge in [0.25, 0.3) is 0 Å². The number of fused-ring (bicyclic) bond motifs is 1. The molecule has 4 nitrogen and oxygen atoms in total. The van der Waals surface area contributed by atoms with Gasteiger partial charge in [-0.3, -0.25) is 0 Å². The third-order valence-electron chi connectivity index (χ3n) is 2.21. The highest BCUT2D eigenvalue weighted by molar-refractivity contribution is 5.61. The van der Waals surface area contributed by atoms with Crippen LogP contribution in [0.15, 0.2) is 5.57 Å². The molecule has 2 heterocycles. The average Bonchev–Trinajstić information content (AvgIpc) is 2.45. The maximum atomic E-state index is 3.93. The van der Waals surface area contributed by atoms with Crippen molar-refractivity contribution in [2.75, 3.05) is 0 Å². The number of nitrogens with zero attached hydrogens (tertiary/aromatic N) is 4. The van der Waals surface area contributed by atoms with E-state index in [4.69, 9.17) is 0 Å². The van der Waals surface area contributed by atoms with E-state index in [1.54, 1.807) is 0 Å². The van der Waals surface area contributed by atoms with Crippen LogP contribution < -0.4 is 0 Å². The summed E-state index contributed by atoms with van der Waals surface area (Å²) in [4.78, 5) is 0. The average molecular weight is 150 g/mol. The molecule has 11 heavy (non-hydrogen) atoms. The summed E-state index contributed by atoms with van der Waals surface area (Å²) in [5.41, 5.74) is 2.62. The number of rotatable bonds is 0. The van der Waals surface area contributed by atoms with Gasteiger partial charge >= 0.3 is 0 Å². The minimum atomic E-state index is 0.922. The summed E-state index contributed by atoms with van der Waals surface area (Å²) >= 11 is 0. The third kappa shape index (κ3) is 0.859. The van der Waals surface area contributed by atoms with Crippen molar-refractivity contribution in [3.05, 3.63) is 11.4 Å². The minimum Gasteiger partial charge on any atom is -0.225 e. The molecule has 4 heteroatoms. The molecule has 1 aromatic rings. The highest BCUT2D eigenvalue weighted by Crippen LogP contribution is 2.22. The van der Waals surface area contributed by atoms with Crippen molar-refractivity contribution in [3.8, 4) is 0 Å². The lowest BCUT2D eigenvalue weighted by molar-refractivity contribution is 0.569. The number of tetrazole rings is 1. The molecule has 0 atom stereocenters. The Morgan fingerprint density at radius 1 is 1.36 bits per heavy atom. The molecule has 0 aliphatic carbocycles. The molecular weight excluding hydrogens is 140 g/mol. The van der Waals surface area contributed by atoms with Crippen LogP contribution in [0.25, 0.3) is 5.57 Å². The smallest absolute Gasteiger partial charge is 0.177 e. The van der Waals surface area contributed by atoms with Crippen LogP contribution in [-0.2, 0) is 6.54 Å². The molecule has 1 aliphatic rings. The van der Waals surface area contributed by atoms with Crippen LogP contribution in [0.3, 0.4) is 0 Å². The Balaban J connectivity index is 2.57. The highest BCUT2D eigenvalue weighted by atomic mass is 15.5. The van der Waals surface area contributed by atoms with E-state index in [-0.39, 0.29) is 0 Å². The fourth-order valence-corrected chi connectivity index (χ4v) is 1.28. The second-order valence-corrected chi connectivity index (χ2v) is 2.88. The van der Waals surface area contributed by atoms with Crippen molar-refractivity contribution < 1.29 is 0 Å². The summed E-state index contributed by atoms with van der Waals surface area (Å²) in [5.74, 6) is 0.925. The number of aryl methyl sites for hydroxylation is 1. The van der Waals surface area contributed by atoms with Gasteiger partial charge in [0.15, 0.2) is 5.82 Å². The van der Waals surface area contributed by atoms with Crippen molar-refractivity contribution >= 4 is 5.57 Å². The molecule has 0 spiro atoms. The molecule has 58 valence electrons. The number of hydrogen-bond acceptors (Lipinski definition) is 3. The summed E-state index contributed by atoms with van der Waals surface area (Å²) in [6.07, 6.45) is 1.07. The molecule has 0 N–H and O–H groups in total. The lowest BCUT2D eigenvalue weighted by atomic mass is 10.1. The van der Waals surface area contributed by atoms with Crippen molar-refractivity contribution in [2.45, 2.75) is 26.8 Å². The zero-order chi connectivity index (χ0) is 7.84. The lowest BCUT2D eigenvalue weighted by Crippen LogP contribution is -2.10. The quantitative estimate of drug-likeness (QED) is 0.551. The zero-order valence-electron chi connectivity index (χ0n) is 6.70. The molecule has 0 radical (unpaired) electrons. The second-order valence-electron chi connectivity index (χ2n) is 2.88. The summed E-state index contributed by atoms with van der Waals surface area (Å²) in [6.45, 7) is 5.12. The van der Waals surface area contributed by atoms with Gasteiger partial charge in [0.05, 0.1) is 0 Å². The van der Waals surface area contributed by atoms with Gasteiger partial charge in [-0.05, 0) is 36.3 Å². The SMILES string of the molecule is CC1=C(C)c2nnnn2CC1. The molecule has 0 aromatic carbocycles. The molecule has 0 unspecified atom stereocenters. The first-order chi connectivity index (χ1) is 5.29. The first-order valence-electron chi connectivity index (χ1n) is 3.72. The first kappa shape index (κ1) is 6.52. The van der Waals surface area contributed by atoms with E-state index in [2.05, 4.69) is 29.4 Å². The summed E-state index contributed by atoms with van der Waals surface area (Å²) in [7, 11) is 0. The molecule has 0 saturated carbocycles. The Kier molecular flexibility index (Phi) is 1.27. The fourth-order valence-electron chi connectivity index (χ4n) is 1.28. The van der Waals surface area contributed by atoms with Gasteiger partial charge in [0, 0.05) is 6.54 Å². The Morgan fingerprint density at radius 2 is 2.18 bits per heavy atom. The van der Waals surface area contributed by atoms with Crippen LogP contribution in [0, 0.1) is 0 Å². The molecule has 2 rings (SSSR count). The third-order valence-corrected chi connectivity index (χ3v) is 2.21. The Hall–Kier alpha value is -1.19. The molecular formula is C7H10N4. The van der Waals surface area contributed by atoms with Crippen LogP contribution in [0.5, 0.6) is 0 Å². The van der Waals surface area contributed by atoms with Crippen molar-refractivity contribution in [1.82, 2.24) is 20.2 Å². The first-order valence-corrected chi connectivity index (χ1v) is 3.72. The topological polar surface area (TPSA) is 43.6 Å². The van der Waals surface area contributed by atoms with E-state index in [9.17, 15) is 0 Å². The normalized spacial score (nSPS) is 16.9. The fraction of sp³-hybridized carbons (Fsp3) is 0.571. The van der Waals surface area contributed by atoms with Crippen LogP contribution in [-0.4, -0.2) is 20.2 Å². The van der Waals surface area contributed by atoms with Crippen molar-refractivity contribution in [1.29, 1.82) is 0 Å². The van der Waals surface area contributed by atoms with Gasteiger partial charge in [0.1, 0.15) is 0 Å². The summed E-state index contributed by atoms with van der Waals surface area (Å²) in [5, 5.41) is 11.4. The summed E-state index contributed by atoms with van der Waals surface area (Å²) < 4.78 is 1.85. The van der Waals surface area contributed by atoms with Gasteiger partial charge in [0.2, 0.25) is 0 Å². The van der Waals surface area contributed by atoms with Crippen molar-refractivity contribution in [2.24, 2.45) is 0 Å². The standard InChI is InChI=1S/C7H10N4/c1-5-3-4-11-7(6(5)2)8-9-10-11/h3-4H2,1-2H3. The Labute approximate surface area is 64.9 Å². The van der Waals surface area contributed by atoms with Gasteiger partial charge in [-0.15, -0.1) is 5.10 Å². The van der Waals surface area contributed by atoms with Gasteiger partial charge < -0.3 is 0 Å². The van der Waals surface area contributed by atoms with E-state index < -0.39 is 0 Å². The van der Waals surface area contributed by atoms with E-state index in [1.165, 1.54) is 11.1 Å². The predicted octanol–water partition coefficient (Wildman–Crippen LogP) is 0.870. The maximum Gasteiger partial charge on any atom is 0.177 e. The van der Waals surface area contributed by atoms with Crippen LogP contribution in [0.1, 0.15) is 26.1 Å². The van der Waals surface area contributed by atoms with Gasteiger partial charge in [-0.2, -0.15) is 0 Å². The van der Waals surface area contributed by atoms with Crippen molar-refractivity contribution in [3.63, 3.8) is 0 Å².